The highest BCUT2D eigenvalue weighted by Crippen LogP contribution is 2.36. The topological polar surface area (TPSA) is 94.8 Å². The van der Waals surface area contributed by atoms with Gasteiger partial charge in [-0.15, -0.1) is 0 Å². The van der Waals surface area contributed by atoms with Gasteiger partial charge in [0.15, 0.2) is 0 Å². The largest absolute Gasteiger partial charge is 0.487 e. The van der Waals surface area contributed by atoms with E-state index in [1.165, 1.54) is 6.92 Å². The molecule has 1 N–H and O–H groups in total. The molecule has 1 aromatic heterocycles. The van der Waals surface area contributed by atoms with E-state index >= 15 is 0 Å². The van der Waals surface area contributed by atoms with E-state index in [0.29, 0.717) is 29.9 Å². The van der Waals surface area contributed by atoms with E-state index in [9.17, 15) is 14.4 Å². The Labute approximate surface area is 198 Å². The summed E-state index contributed by atoms with van der Waals surface area (Å²) in [5, 5.41) is 3.69. The van der Waals surface area contributed by atoms with Crippen LogP contribution in [-0.4, -0.2) is 24.0 Å². The molecular weight excluding hydrogens is 434 g/mol. The standard InChI is InChI=1S/C27H29NO6/c1-16-21-13-19-9-11-27(3,4)34-23(19)15-24(21)33-26(31)22(16)14-25(30)28-12-10-18-5-7-20(8-6-18)32-17(2)29/h5-8,13,15H,9-12,14H2,1-4H3,(H,28,30). The average molecular weight is 464 g/mol. The van der Waals surface area contributed by atoms with E-state index in [0.717, 1.165) is 40.7 Å². The molecule has 0 fully saturated rings. The third-order valence-corrected chi connectivity index (χ3v) is 6.11. The summed E-state index contributed by atoms with van der Waals surface area (Å²) in [5.74, 6) is 0.618. The van der Waals surface area contributed by atoms with Crippen LogP contribution in [0.2, 0.25) is 0 Å². The van der Waals surface area contributed by atoms with E-state index in [1.54, 1.807) is 18.2 Å². The van der Waals surface area contributed by atoms with Gasteiger partial charge in [0.1, 0.15) is 22.7 Å². The summed E-state index contributed by atoms with van der Waals surface area (Å²) in [6.45, 7) is 7.71. The van der Waals surface area contributed by atoms with Crippen molar-refractivity contribution in [3.05, 3.63) is 69.1 Å². The maximum Gasteiger partial charge on any atom is 0.340 e. The van der Waals surface area contributed by atoms with E-state index < -0.39 is 5.63 Å². The molecular formula is C27H29NO6. The molecule has 0 saturated carbocycles. The molecule has 0 saturated heterocycles. The van der Waals surface area contributed by atoms with E-state index in [2.05, 4.69) is 5.32 Å². The third-order valence-electron chi connectivity index (χ3n) is 6.11. The molecule has 0 aliphatic carbocycles. The Bertz CT molecular complexity index is 1300. The van der Waals surface area contributed by atoms with Crippen LogP contribution in [0, 0.1) is 6.92 Å². The van der Waals surface area contributed by atoms with Crippen LogP contribution in [0.1, 0.15) is 49.4 Å². The number of aryl methyl sites for hydroxylation is 2. The Morgan fingerprint density at radius 3 is 2.59 bits per heavy atom. The monoisotopic (exact) mass is 463 g/mol. The van der Waals surface area contributed by atoms with Gasteiger partial charge in [-0.25, -0.2) is 4.79 Å². The van der Waals surface area contributed by atoms with Crippen LogP contribution in [0.4, 0.5) is 0 Å². The molecule has 3 aromatic rings. The van der Waals surface area contributed by atoms with Crippen molar-refractivity contribution in [3.63, 3.8) is 0 Å². The highest BCUT2D eigenvalue weighted by atomic mass is 16.5. The first kappa shape index (κ1) is 23.5. The summed E-state index contributed by atoms with van der Waals surface area (Å²) in [5.41, 5.74) is 2.92. The number of benzene rings is 2. The van der Waals surface area contributed by atoms with Gasteiger partial charge < -0.3 is 19.2 Å². The Kier molecular flexibility index (Phi) is 6.46. The van der Waals surface area contributed by atoms with Gasteiger partial charge in [-0.1, -0.05) is 12.1 Å². The molecule has 1 amide bonds. The zero-order valence-corrected chi connectivity index (χ0v) is 19.9. The van der Waals surface area contributed by atoms with E-state index in [-0.39, 0.29) is 23.9 Å². The van der Waals surface area contributed by atoms with Gasteiger partial charge in [-0.2, -0.15) is 0 Å². The number of fused-ring (bicyclic) bond motifs is 2. The number of rotatable bonds is 6. The smallest absolute Gasteiger partial charge is 0.340 e. The van der Waals surface area contributed by atoms with E-state index in [4.69, 9.17) is 13.9 Å². The number of hydrogen-bond acceptors (Lipinski definition) is 6. The molecule has 178 valence electrons. The normalized spacial score (nSPS) is 14.2. The van der Waals surface area contributed by atoms with Crippen LogP contribution in [-0.2, 0) is 28.9 Å². The molecule has 0 radical (unpaired) electrons. The highest BCUT2D eigenvalue weighted by Gasteiger charge is 2.27. The third kappa shape index (κ3) is 5.30. The van der Waals surface area contributed by atoms with Crippen LogP contribution >= 0.6 is 0 Å². The van der Waals surface area contributed by atoms with E-state index in [1.807, 2.05) is 39.0 Å². The Morgan fingerprint density at radius 1 is 1.15 bits per heavy atom. The number of carbonyl (C=O) groups excluding carboxylic acids is 2. The van der Waals surface area contributed by atoms with Crippen molar-refractivity contribution in [1.29, 1.82) is 0 Å². The molecule has 34 heavy (non-hydrogen) atoms. The number of nitrogens with one attached hydrogen (secondary N) is 1. The summed E-state index contributed by atoms with van der Waals surface area (Å²) in [6, 6.07) is 10.9. The lowest BCUT2D eigenvalue weighted by atomic mass is 9.92. The first-order chi connectivity index (χ1) is 16.1. The number of hydrogen-bond donors (Lipinski definition) is 1. The molecule has 1 aliphatic heterocycles. The second kappa shape index (κ2) is 9.33. The summed E-state index contributed by atoms with van der Waals surface area (Å²) < 4.78 is 16.6. The molecule has 0 atom stereocenters. The Hall–Kier alpha value is -3.61. The SMILES string of the molecule is CC(=O)Oc1ccc(CCNC(=O)Cc2c(C)c3cc4c(cc3oc2=O)OC(C)(C)CC4)cc1. The minimum Gasteiger partial charge on any atom is -0.487 e. The zero-order valence-electron chi connectivity index (χ0n) is 19.9. The van der Waals surface area contributed by atoms with Crippen LogP contribution in [0.3, 0.4) is 0 Å². The number of carbonyl (C=O) groups is 2. The quantitative estimate of drug-likeness (QED) is 0.337. The fourth-order valence-electron chi connectivity index (χ4n) is 4.20. The van der Waals surface area contributed by atoms with Gasteiger partial charge in [0.2, 0.25) is 5.91 Å². The van der Waals surface area contributed by atoms with Crippen molar-refractivity contribution in [2.75, 3.05) is 6.54 Å². The fourth-order valence-corrected chi connectivity index (χ4v) is 4.20. The van der Waals surface area contributed by atoms with Crippen molar-refractivity contribution in [1.82, 2.24) is 5.32 Å². The second-order valence-electron chi connectivity index (χ2n) is 9.33. The maximum atomic E-state index is 12.7. The van der Waals surface area contributed by atoms with Crippen molar-refractivity contribution >= 4 is 22.8 Å². The Balaban J connectivity index is 1.43. The van der Waals surface area contributed by atoms with Gasteiger partial charge in [0.25, 0.3) is 0 Å². The van der Waals surface area contributed by atoms with Crippen LogP contribution < -0.4 is 20.4 Å². The molecule has 2 heterocycles. The predicted octanol–water partition coefficient (Wildman–Crippen LogP) is 4.03. The van der Waals surface area contributed by atoms with Crippen molar-refractivity contribution in [2.45, 2.75) is 59.0 Å². The number of esters is 1. The summed E-state index contributed by atoms with van der Waals surface area (Å²) >= 11 is 0. The molecule has 0 spiro atoms. The first-order valence-electron chi connectivity index (χ1n) is 11.4. The molecule has 2 aromatic carbocycles. The number of amides is 1. The molecule has 0 unspecified atom stereocenters. The zero-order chi connectivity index (χ0) is 24.5. The van der Waals surface area contributed by atoms with Crippen molar-refractivity contribution in [3.8, 4) is 11.5 Å². The predicted molar refractivity (Wildman–Crippen MR) is 128 cm³/mol. The van der Waals surface area contributed by atoms with Crippen LogP contribution in [0.15, 0.2) is 45.6 Å². The molecule has 7 heteroatoms. The van der Waals surface area contributed by atoms with Crippen molar-refractivity contribution < 1.29 is 23.5 Å². The lowest BCUT2D eigenvalue weighted by molar-refractivity contribution is -0.131. The molecule has 4 rings (SSSR count). The first-order valence-corrected chi connectivity index (χ1v) is 11.4. The number of ether oxygens (including phenoxy) is 2. The minimum absolute atomic E-state index is 0.0455. The van der Waals surface area contributed by atoms with Gasteiger partial charge in [-0.3, -0.25) is 9.59 Å². The minimum atomic E-state index is -0.503. The van der Waals surface area contributed by atoms with Crippen LogP contribution in [0.25, 0.3) is 11.0 Å². The Morgan fingerprint density at radius 2 is 1.88 bits per heavy atom. The molecule has 0 bridgehead atoms. The average Bonchev–Trinajstić information content (AvgIpc) is 2.76. The van der Waals surface area contributed by atoms with Crippen LogP contribution in [0.5, 0.6) is 11.5 Å². The summed E-state index contributed by atoms with van der Waals surface area (Å²) in [7, 11) is 0. The van der Waals surface area contributed by atoms with Gasteiger partial charge in [-0.05, 0) is 74.9 Å². The maximum absolute atomic E-state index is 12.7. The summed E-state index contributed by atoms with van der Waals surface area (Å²) in [6.07, 6.45) is 2.35. The molecule has 1 aliphatic rings. The summed E-state index contributed by atoms with van der Waals surface area (Å²) in [4.78, 5) is 36.2. The van der Waals surface area contributed by atoms with Gasteiger partial charge in [0, 0.05) is 24.9 Å². The highest BCUT2D eigenvalue weighted by molar-refractivity contribution is 5.86. The second-order valence-corrected chi connectivity index (χ2v) is 9.33. The fraction of sp³-hybridized carbons (Fsp3) is 0.370. The lowest BCUT2D eigenvalue weighted by Gasteiger charge is -2.32. The van der Waals surface area contributed by atoms with Crippen molar-refractivity contribution in [2.24, 2.45) is 0 Å². The van der Waals surface area contributed by atoms with Gasteiger partial charge >= 0.3 is 11.6 Å². The van der Waals surface area contributed by atoms with Gasteiger partial charge in [0.05, 0.1) is 12.0 Å². The molecule has 7 nitrogen and oxygen atoms in total. The lowest BCUT2D eigenvalue weighted by Crippen LogP contribution is -2.32.